The predicted molar refractivity (Wildman–Crippen MR) is 68.7 cm³/mol. The van der Waals surface area contributed by atoms with E-state index in [1.807, 2.05) is 13.8 Å². The van der Waals surface area contributed by atoms with Gasteiger partial charge in [-0.3, -0.25) is 0 Å². The highest BCUT2D eigenvalue weighted by Crippen LogP contribution is 2.16. The van der Waals surface area contributed by atoms with Gasteiger partial charge in [-0.2, -0.15) is 0 Å². The first-order valence-corrected chi connectivity index (χ1v) is 7.43. The first kappa shape index (κ1) is 13.0. The molecular formula is C12H19NO2S. The molecule has 0 saturated carbocycles. The van der Waals surface area contributed by atoms with Crippen LogP contribution in [0.2, 0.25) is 0 Å². The molecule has 0 saturated heterocycles. The van der Waals surface area contributed by atoms with Gasteiger partial charge >= 0.3 is 0 Å². The molecule has 0 aliphatic heterocycles. The molecule has 0 spiro atoms. The van der Waals surface area contributed by atoms with Crippen molar-refractivity contribution in [1.29, 1.82) is 0 Å². The standard InChI is InChI=1S/C12H19NO2S/c1-10-5-6-11(2)12(9-10)13-7-4-8-16(3,14)15/h5-6,9,13H,4,7-8H2,1-3H3. The number of rotatable bonds is 5. The minimum absolute atomic E-state index is 0.241. The molecule has 0 aromatic heterocycles. The van der Waals surface area contributed by atoms with Crippen molar-refractivity contribution in [2.45, 2.75) is 20.3 Å². The Morgan fingerprint density at radius 1 is 1.25 bits per heavy atom. The highest BCUT2D eigenvalue weighted by Gasteiger charge is 2.02. The Morgan fingerprint density at radius 3 is 2.56 bits per heavy atom. The zero-order valence-electron chi connectivity index (χ0n) is 10.1. The molecule has 1 aromatic rings. The number of sulfone groups is 1. The Hall–Kier alpha value is -1.03. The van der Waals surface area contributed by atoms with E-state index in [0.29, 0.717) is 13.0 Å². The zero-order valence-corrected chi connectivity index (χ0v) is 10.9. The highest BCUT2D eigenvalue weighted by molar-refractivity contribution is 7.90. The minimum atomic E-state index is -2.84. The van der Waals surface area contributed by atoms with Gasteiger partial charge in [0, 0.05) is 18.5 Å². The van der Waals surface area contributed by atoms with E-state index in [1.54, 1.807) is 0 Å². The second kappa shape index (κ2) is 5.34. The number of anilines is 1. The van der Waals surface area contributed by atoms with Crippen molar-refractivity contribution < 1.29 is 8.42 Å². The topological polar surface area (TPSA) is 46.2 Å². The Balaban J connectivity index is 2.46. The van der Waals surface area contributed by atoms with Crippen molar-refractivity contribution in [3.63, 3.8) is 0 Å². The van der Waals surface area contributed by atoms with Gasteiger partial charge in [0.15, 0.2) is 0 Å². The van der Waals surface area contributed by atoms with E-state index in [4.69, 9.17) is 0 Å². The summed E-state index contributed by atoms with van der Waals surface area (Å²) >= 11 is 0. The van der Waals surface area contributed by atoms with Crippen LogP contribution in [0, 0.1) is 13.8 Å². The molecule has 0 amide bonds. The fourth-order valence-corrected chi connectivity index (χ4v) is 2.15. The second-order valence-electron chi connectivity index (χ2n) is 4.23. The Bertz CT molecular complexity index is 452. The fourth-order valence-electron chi connectivity index (χ4n) is 1.48. The smallest absolute Gasteiger partial charge is 0.147 e. The molecule has 1 aromatic carbocycles. The Labute approximate surface area is 97.8 Å². The van der Waals surface area contributed by atoms with Crippen LogP contribution < -0.4 is 5.32 Å². The van der Waals surface area contributed by atoms with Crippen LogP contribution in [0.25, 0.3) is 0 Å². The molecule has 1 rings (SSSR count). The van der Waals surface area contributed by atoms with Gasteiger partial charge in [0.05, 0.1) is 5.75 Å². The molecule has 3 nitrogen and oxygen atoms in total. The predicted octanol–water partition coefficient (Wildman–Crippen LogP) is 2.15. The van der Waals surface area contributed by atoms with E-state index >= 15 is 0 Å². The number of aryl methyl sites for hydroxylation is 2. The highest BCUT2D eigenvalue weighted by atomic mass is 32.2. The van der Waals surface area contributed by atoms with E-state index in [2.05, 4.69) is 23.5 Å². The average molecular weight is 241 g/mol. The van der Waals surface area contributed by atoms with Crippen molar-refractivity contribution in [3.05, 3.63) is 29.3 Å². The summed E-state index contributed by atoms with van der Waals surface area (Å²) < 4.78 is 21.9. The molecule has 4 heteroatoms. The van der Waals surface area contributed by atoms with Gasteiger partial charge in [0.2, 0.25) is 0 Å². The van der Waals surface area contributed by atoms with Crippen molar-refractivity contribution in [1.82, 2.24) is 0 Å². The maximum Gasteiger partial charge on any atom is 0.147 e. The zero-order chi connectivity index (χ0) is 12.2. The average Bonchev–Trinajstić information content (AvgIpc) is 2.16. The number of benzene rings is 1. The Morgan fingerprint density at radius 2 is 1.94 bits per heavy atom. The number of hydrogen-bond donors (Lipinski definition) is 1. The lowest BCUT2D eigenvalue weighted by Gasteiger charge is -2.09. The summed E-state index contributed by atoms with van der Waals surface area (Å²) in [7, 11) is -2.84. The largest absolute Gasteiger partial charge is 0.385 e. The van der Waals surface area contributed by atoms with Crippen LogP contribution in [-0.2, 0) is 9.84 Å². The van der Waals surface area contributed by atoms with Gasteiger partial charge < -0.3 is 5.32 Å². The molecule has 90 valence electrons. The molecule has 1 N–H and O–H groups in total. The summed E-state index contributed by atoms with van der Waals surface area (Å²) in [5.41, 5.74) is 3.48. The first-order chi connectivity index (χ1) is 7.38. The van der Waals surface area contributed by atoms with Crippen molar-refractivity contribution in [3.8, 4) is 0 Å². The quantitative estimate of drug-likeness (QED) is 0.803. The van der Waals surface area contributed by atoms with E-state index in [0.717, 1.165) is 5.69 Å². The summed E-state index contributed by atoms with van der Waals surface area (Å²) in [6, 6.07) is 6.21. The molecule has 0 bridgehead atoms. The minimum Gasteiger partial charge on any atom is -0.385 e. The maximum absolute atomic E-state index is 10.9. The summed E-state index contributed by atoms with van der Waals surface area (Å²) in [5, 5.41) is 3.26. The molecule has 0 heterocycles. The molecule has 0 aliphatic rings. The van der Waals surface area contributed by atoms with Crippen LogP contribution in [0.15, 0.2) is 18.2 Å². The van der Waals surface area contributed by atoms with Crippen molar-refractivity contribution in [2.75, 3.05) is 23.9 Å². The normalized spacial score (nSPS) is 11.4. The monoisotopic (exact) mass is 241 g/mol. The molecule has 0 radical (unpaired) electrons. The molecule has 0 aliphatic carbocycles. The van der Waals surface area contributed by atoms with Gasteiger partial charge in [-0.15, -0.1) is 0 Å². The summed E-state index contributed by atoms with van der Waals surface area (Å²) in [5.74, 6) is 0.241. The summed E-state index contributed by atoms with van der Waals surface area (Å²) in [6.45, 7) is 4.77. The fraction of sp³-hybridized carbons (Fsp3) is 0.500. The molecule has 0 unspecified atom stereocenters. The number of nitrogens with one attached hydrogen (secondary N) is 1. The third kappa shape index (κ3) is 4.66. The van der Waals surface area contributed by atoms with E-state index in [-0.39, 0.29) is 5.75 Å². The third-order valence-corrected chi connectivity index (χ3v) is 3.43. The Kier molecular flexibility index (Phi) is 4.35. The van der Waals surface area contributed by atoms with Crippen LogP contribution in [0.5, 0.6) is 0 Å². The van der Waals surface area contributed by atoms with Crippen molar-refractivity contribution in [2.24, 2.45) is 0 Å². The van der Waals surface area contributed by atoms with Gasteiger partial charge in [-0.05, 0) is 37.5 Å². The van der Waals surface area contributed by atoms with Crippen LogP contribution >= 0.6 is 0 Å². The lowest BCUT2D eigenvalue weighted by Crippen LogP contribution is -2.10. The first-order valence-electron chi connectivity index (χ1n) is 5.37. The van der Waals surface area contributed by atoms with Gasteiger partial charge in [0.1, 0.15) is 9.84 Å². The van der Waals surface area contributed by atoms with Gasteiger partial charge in [0.25, 0.3) is 0 Å². The van der Waals surface area contributed by atoms with Gasteiger partial charge in [-0.1, -0.05) is 12.1 Å². The maximum atomic E-state index is 10.9. The summed E-state index contributed by atoms with van der Waals surface area (Å²) in [6.07, 6.45) is 1.91. The van der Waals surface area contributed by atoms with Crippen LogP contribution in [-0.4, -0.2) is 27.0 Å². The number of hydrogen-bond acceptors (Lipinski definition) is 3. The summed E-state index contributed by atoms with van der Waals surface area (Å²) in [4.78, 5) is 0. The van der Waals surface area contributed by atoms with E-state index < -0.39 is 9.84 Å². The lowest BCUT2D eigenvalue weighted by molar-refractivity contribution is 0.600. The molecule has 0 fully saturated rings. The van der Waals surface area contributed by atoms with Crippen LogP contribution in [0.1, 0.15) is 17.5 Å². The van der Waals surface area contributed by atoms with Gasteiger partial charge in [-0.25, -0.2) is 8.42 Å². The van der Waals surface area contributed by atoms with Crippen LogP contribution in [0.4, 0.5) is 5.69 Å². The van der Waals surface area contributed by atoms with Crippen LogP contribution in [0.3, 0.4) is 0 Å². The SMILES string of the molecule is Cc1ccc(C)c(NCCCS(C)(=O)=O)c1. The second-order valence-corrected chi connectivity index (χ2v) is 6.49. The van der Waals surface area contributed by atoms with E-state index in [9.17, 15) is 8.42 Å². The third-order valence-electron chi connectivity index (χ3n) is 2.40. The van der Waals surface area contributed by atoms with E-state index in [1.165, 1.54) is 17.4 Å². The molecular weight excluding hydrogens is 222 g/mol. The molecule has 0 atom stereocenters. The molecule has 16 heavy (non-hydrogen) atoms. The van der Waals surface area contributed by atoms with Crippen molar-refractivity contribution >= 4 is 15.5 Å². The lowest BCUT2D eigenvalue weighted by atomic mass is 10.1.